The van der Waals surface area contributed by atoms with Crippen molar-refractivity contribution in [3.63, 3.8) is 0 Å². The van der Waals surface area contributed by atoms with Crippen molar-refractivity contribution in [1.82, 2.24) is 4.98 Å². The Labute approximate surface area is 104 Å². The van der Waals surface area contributed by atoms with Gasteiger partial charge >= 0.3 is 0 Å². The molecule has 0 bridgehead atoms. The molecule has 0 aliphatic rings. The maximum absolute atomic E-state index is 9.08. The van der Waals surface area contributed by atoms with E-state index < -0.39 is 0 Å². The normalized spacial score (nSPS) is 10.3. The average molecular weight is 231 g/mol. The van der Waals surface area contributed by atoms with Gasteiger partial charge in [0.1, 0.15) is 6.07 Å². The molecule has 3 nitrogen and oxygen atoms in total. The Balaban J connectivity index is 2.86. The summed E-state index contributed by atoms with van der Waals surface area (Å²) in [7, 11) is 0. The van der Waals surface area contributed by atoms with Gasteiger partial charge < -0.3 is 4.90 Å². The van der Waals surface area contributed by atoms with Gasteiger partial charge in [-0.25, -0.2) is 4.98 Å². The van der Waals surface area contributed by atoms with Gasteiger partial charge in [-0.05, 0) is 32.4 Å². The molecule has 17 heavy (non-hydrogen) atoms. The van der Waals surface area contributed by atoms with Crippen molar-refractivity contribution in [2.24, 2.45) is 0 Å². The molecule has 92 valence electrons. The summed E-state index contributed by atoms with van der Waals surface area (Å²) >= 11 is 0. The largest absolute Gasteiger partial charge is 0.367 e. The van der Waals surface area contributed by atoms with Crippen molar-refractivity contribution >= 4 is 5.69 Å². The van der Waals surface area contributed by atoms with Crippen LogP contribution in [0.25, 0.3) is 0 Å². The highest BCUT2D eigenvalue weighted by molar-refractivity contribution is 5.56. The average Bonchev–Trinajstić information content (AvgIpc) is 2.34. The number of pyridine rings is 1. The fourth-order valence-electron chi connectivity index (χ4n) is 1.90. The van der Waals surface area contributed by atoms with E-state index in [-0.39, 0.29) is 0 Å². The van der Waals surface area contributed by atoms with E-state index in [9.17, 15) is 0 Å². The molecule has 0 aromatic carbocycles. The van der Waals surface area contributed by atoms with Crippen molar-refractivity contribution in [1.29, 1.82) is 5.26 Å². The molecule has 0 amide bonds. The molecule has 0 fully saturated rings. The first-order valence-electron chi connectivity index (χ1n) is 6.32. The van der Waals surface area contributed by atoms with Crippen LogP contribution in [-0.2, 0) is 0 Å². The van der Waals surface area contributed by atoms with Crippen LogP contribution in [0.3, 0.4) is 0 Å². The van der Waals surface area contributed by atoms with E-state index in [1.165, 1.54) is 12.8 Å². The van der Waals surface area contributed by atoms with Gasteiger partial charge in [0.05, 0.1) is 5.69 Å². The molecule has 0 radical (unpaired) electrons. The predicted octanol–water partition coefficient (Wildman–Crippen LogP) is 3.36. The summed E-state index contributed by atoms with van der Waals surface area (Å²) in [5.41, 5.74) is 1.49. The Kier molecular flexibility index (Phi) is 5.48. The zero-order valence-corrected chi connectivity index (χ0v) is 11.0. The van der Waals surface area contributed by atoms with Crippen molar-refractivity contribution in [2.75, 3.05) is 11.4 Å². The van der Waals surface area contributed by atoms with Crippen molar-refractivity contribution < 1.29 is 0 Å². The zero-order valence-electron chi connectivity index (χ0n) is 11.0. The van der Waals surface area contributed by atoms with Gasteiger partial charge in [-0.1, -0.05) is 19.8 Å². The third-order valence-electron chi connectivity index (χ3n) is 2.83. The molecule has 0 saturated carbocycles. The topological polar surface area (TPSA) is 39.9 Å². The van der Waals surface area contributed by atoms with Crippen molar-refractivity contribution in [3.8, 4) is 6.07 Å². The first-order valence-corrected chi connectivity index (χ1v) is 6.32. The number of unbranched alkanes of at least 4 members (excludes halogenated alkanes) is 2. The van der Waals surface area contributed by atoms with Crippen LogP contribution < -0.4 is 4.90 Å². The number of nitrogens with zero attached hydrogens (tertiary/aromatic N) is 3. The van der Waals surface area contributed by atoms with Gasteiger partial charge in [-0.2, -0.15) is 5.26 Å². The molecule has 0 atom stereocenters. The molecule has 0 N–H and O–H groups in total. The lowest BCUT2D eigenvalue weighted by Gasteiger charge is -2.29. The first kappa shape index (κ1) is 13.5. The molecule has 0 unspecified atom stereocenters. The Morgan fingerprint density at radius 2 is 2.18 bits per heavy atom. The quantitative estimate of drug-likeness (QED) is 0.705. The number of rotatable bonds is 6. The van der Waals surface area contributed by atoms with Crippen molar-refractivity contribution in [3.05, 3.63) is 24.0 Å². The standard InChI is InChI=1S/C14H21N3/c1-4-5-6-10-17(12(2)3)14-8-7-9-16-13(14)11-15/h7-9,12H,4-6,10H2,1-3H3. The van der Waals surface area contributed by atoms with Crippen LogP contribution in [0.2, 0.25) is 0 Å². The van der Waals surface area contributed by atoms with Crippen LogP contribution in [0.15, 0.2) is 18.3 Å². The molecular weight excluding hydrogens is 210 g/mol. The minimum absolute atomic E-state index is 0.392. The Morgan fingerprint density at radius 1 is 1.41 bits per heavy atom. The summed E-state index contributed by atoms with van der Waals surface area (Å²) in [5.74, 6) is 0. The monoisotopic (exact) mass is 231 g/mol. The molecule has 0 aliphatic heterocycles. The second kappa shape index (κ2) is 6.90. The summed E-state index contributed by atoms with van der Waals surface area (Å²) < 4.78 is 0. The smallest absolute Gasteiger partial charge is 0.163 e. The van der Waals surface area contributed by atoms with Crippen LogP contribution >= 0.6 is 0 Å². The fourth-order valence-corrected chi connectivity index (χ4v) is 1.90. The summed E-state index contributed by atoms with van der Waals surface area (Å²) in [6.45, 7) is 7.50. The highest BCUT2D eigenvalue weighted by Gasteiger charge is 2.14. The number of hydrogen-bond donors (Lipinski definition) is 0. The number of hydrogen-bond acceptors (Lipinski definition) is 3. The second-order valence-corrected chi connectivity index (χ2v) is 4.48. The summed E-state index contributed by atoms with van der Waals surface area (Å²) in [6.07, 6.45) is 5.27. The maximum Gasteiger partial charge on any atom is 0.163 e. The van der Waals surface area contributed by atoms with Gasteiger partial charge in [0.25, 0.3) is 0 Å². The number of nitriles is 1. The minimum atomic E-state index is 0.392. The third kappa shape index (κ3) is 3.74. The van der Waals surface area contributed by atoms with E-state index >= 15 is 0 Å². The van der Waals surface area contributed by atoms with Crippen LogP contribution in [0.5, 0.6) is 0 Å². The van der Waals surface area contributed by atoms with Gasteiger partial charge in [-0.3, -0.25) is 0 Å². The molecule has 0 spiro atoms. The lowest BCUT2D eigenvalue weighted by atomic mass is 10.2. The fraction of sp³-hybridized carbons (Fsp3) is 0.571. The molecule has 1 rings (SSSR count). The van der Waals surface area contributed by atoms with E-state index in [0.29, 0.717) is 11.7 Å². The highest BCUT2D eigenvalue weighted by Crippen LogP contribution is 2.20. The highest BCUT2D eigenvalue weighted by atomic mass is 15.2. The van der Waals surface area contributed by atoms with E-state index in [1.807, 2.05) is 12.1 Å². The second-order valence-electron chi connectivity index (χ2n) is 4.48. The van der Waals surface area contributed by atoms with Crippen LogP contribution in [0.1, 0.15) is 45.7 Å². The third-order valence-corrected chi connectivity index (χ3v) is 2.83. The molecular formula is C14H21N3. The Bertz CT molecular complexity index is 379. The van der Waals surface area contributed by atoms with E-state index in [1.54, 1.807) is 6.20 Å². The minimum Gasteiger partial charge on any atom is -0.367 e. The van der Waals surface area contributed by atoms with Gasteiger partial charge in [0, 0.05) is 18.8 Å². The van der Waals surface area contributed by atoms with Crippen LogP contribution in [0, 0.1) is 11.3 Å². The Hall–Kier alpha value is -1.56. The van der Waals surface area contributed by atoms with Crippen molar-refractivity contribution in [2.45, 2.75) is 46.1 Å². The maximum atomic E-state index is 9.08. The number of aromatic nitrogens is 1. The molecule has 1 aromatic heterocycles. The summed E-state index contributed by atoms with van der Waals surface area (Å²) in [6, 6.07) is 6.44. The lowest BCUT2D eigenvalue weighted by molar-refractivity contribution is 0.624. The predicted molar refractivity (Wildman–Crippen MR) is 71.0 cm³/mol. The SMILES string of the molecule is CCCCCN(c1cccnc1C#N)C(C)C. The zero-order chi connectivity index (χ0) is 12.7. The molecule has 0 aliphatic carbocycles. The lowest BCUT2D eigenvalue weighted by Crippen LogP contribution is -2.32. The molecule has 0 saturated heterocycles. The van der Waals surface area contributed by atoms with E-state index in [0.717, 1.165) is 18.7 Å². The molecule has 1 heterocycles. The van der Waals surface area contributed by atoms with Crippen LogP contribution in [-0.4, -0.2) is 17.6 Å². The van der Waals surface area contributed by atoms with Gasteiger partial charge in [0.2, 0.25) is 0 Å². The van der Waals surface area contributed by atoms with Crippen LogP contribution in [0.4, 0.5) is 5.69 Å². The molecule has 3 heteroatoms. The Morgan fingerprint density at radius 3 is 2.76 bits per heavy atom. The van der Waals surface area contributed by atoms with E-state index in [4.69, 9.17) is 5.26 Å². The van der Waals surface area contributed by atoms with Gasteiger partial charge in [-0.15, -0.1) is 0 Å². The number of anilines is 1. The first-order chi connectivity index (χ1) is 8.20. The van der Waals surface area contributed by atoms with E-state index in [2.05, 4.69) is 36.7 Å². The molecule has 1 aromatic rings. The summed E-state index contributed by atoms with van der Waals surface area (Å²) in [4.78, 5) is 6.39. The van der Waals surface area contributed by atoms with Gasteiger partial charge in [0.15, 0.2) is 5.69 Å². The summed E-state index contributed by atoms with van der Waals surface area (Å²) in [5, 5.41) is 9.08.